The minimum atomic E-state index is -5.09. The lowest BCUT2D eigenvalue weighted by molar-refractivity contribution is -0.138. The Morgan fingerprint density at radius 3 is 0.854 bits per heavy atom. The van der Waals surface area contributed by atoms with Crippen molar-refractivity contribution in [1.82, 2.24) is 9.13 Å². The van der Waals surface area contributed by atoms with Crippen LogP contribution in [0.25, 0.3) is 88.4 Å². The van der Waals surface area contributed by atoms with Crippen molar-refractivity contribution in [2.24, 2.45) is 0 Å². The normalized spacial score (nSPS) is 13.1. The van der Waals surface area contributed by atoms with E-state index in [1.807, 2.05) is 9.80 Å². The van der Waals surface area contributed by atoms with Crippen molar-refractivity contribution in [1.29, 1.82) is 5.26 Å². The molecule has 96 heavy (non-hydrogen) atoms. The molecule has 7 nitrogen and oxygen atoms in total. The van der Waals surface area contributed by atoms with Crippen LogP contribution in [0.4, 0.5) is 86.8 Å². The highest BCUT2D eigenvalue weighted by atomic mass is 19.4. The van der Waals surface area contributed by atoms with Crippen LogP contribution in [0, 0.1) is 11.3 Å². The summed E-state index contributed by atoms with van der Waals surface area (Å²) in [5.41, 5.74) is -5.09. The molecule has 0 N–H and O–H groups in total. The predicted octanol–water partition coefficient (Wildman–Crippen LogP) is 24.0. The summed E-state index contributed by atoms with van der Waals surface area (Å²) in [4.78, 5) is 3.67. The molecule has 0 unspecified atom stereocenters. The van der Waals surface area contributed by atoms with E-state index >= 15 is 52.7 Å². The van der Waals surface area contributed by atoms with E-state index in [0.29, 0.717) is 45.7 Å². The lowest BCUT2D eigenvalue weighted by Gasteiger charge is -2.36. The highest BCUT2D eigenvalue weighted by molar-refractivity contribution is 6.17. The molecule has 19 heteroatoms. The molecule has 470 valence electrons. The van der Waals surface area contributed by atoms with Crippen molar-refractivity contribution in [3.05, 3.63) is 277 Å². The maximum Gasteiger partial charge on any atom is 0.416 e. The number of aromatic nitrogens is 2. The molecule has 0 saturated carbocycles. The Balaban J connectivity index is 1.22. The molecule has 0 saturated heterocycles. The molecule has 12 aromatic carbocycles. The number of anilines is 6. The standard InChI is InChI=1S/C77H41F12N5O2/c78-74(79,80)44-30-34-48-49-35-31-45(75(81,82)83)39-62(49)93(61(48)38-44)72-69(43-16-2-1-3-17-43)73(94-63-40-46(76(84,85)86)32-36-50(63)51-37-33-47(41-64(51)94)77(87,88)89)71(53-19-5-7-21-56(53)92-59-24-10-14-28-67(59)96-68-29-15-11-25-60(68)92)54(42-90)70(72)52-18-4-6-20-55(52)91-57-22-8-12-26-65(57)95-66-27-13-9-23-58(66)91/h1-41H. The zero-order valence-corrected chi connectivity index (χ0v) is 49.3. The molecule has 0 spiro atoms. The average molecular weight is 1300 g/mol. The van der Waals surface area contributed by atoms with Gasteiger partial charge in [-0.05, 0) is 115 Å². The third kappa shape index (κ3) is 9.36. The first-order valence-electron chi connectivity index (χ1n) is 29.8. The summed E-state index contributed by atoms with van der Waals surface area (Å²) in [5, 5.41) is 13.0. The molecule has 2 aliphatic rings. The van der Waals surface area contributed by atoms with Gasteiger partial charge < -0.3 is 28.4 Å². The number of nitriles is 1. The van der Waals surface area contributed by atoms with Crippen LogP contribution in [0.3, 0.4) is 0 Å². The number of hydrogen-bond donors (Lipinski definition) is 0. The highest BCUT2D eigenvalue weighted by Crippen LogP contribution is 2.60. The first kappa shape index (κ1) is 59.1. The van der Waals surface area contributed by atoms with Gasteiger partial charge in [0.05, 0.1) is 95.4 Å². The smallest absolute Gasteiger partial charge is 0.416 e. The van der Waals surface area contributed by atoms with Crippen LogP contribution in [0.15, 0.2) is 249 Å². The number of fused-ring (bicyclic) bond motifs is 10. The van der Waals surface area contributed by atoms with Crippen molar-refractivity contribution in [3.63, 3.8) is 0 Å². The first-order chi connectivity index (χ1) is 46.2. The molecular weight excluding hydrogens is 1250 g/mol. The molecule has 0 atom stereocenters. The SMILES string of the molecule is N#Cc1c(-c2ccccc2N2c3ccccc3Oc3ccccc32)c(-n2c3cc(C(F)(F)F)ccc3c3ccc(C(F)(F)F)cc32)c(-c2ccccc2)c(-n2c3cc(C(F)(F)F)ccc3c3ccc(C(F)(F)F)cc32)c1-c1ccccc1N1c2ccccc2Oc2ccccc21. The predicted molar refractivity (Wildman–Crippen MR) is 346 cm³/mol. The quantitative estimate of drug-likeness (QED) is 0.149. The zero-order valence-electron chi connectivity index (χ0n) is 49.3. The van der Waals surface area contributed by atoms with E-state index in [-0.39, 0.29) is 105 Å². The summed E-state index contributed by atoms with van der Waals surface area (Å²) in [6.45, 7) is 0. The fourth-order valence-corrected chi connectivity index (χ4v) is 13.6. The van der Waals surface area contributed by atoms with Crippen LogP contribution < -0.4 is 19.3 Å². The number of hydrogen-bond acceptors (Lipinski definition) is 5. The summed E-state index contributed by atoms with van der Waals surface area (Å²) >= 11 is 0. The van der Waals surface area contributed by atoms with Gasteiger partial charge >= 0.3 is 24.7 Å². The van der Waals surface area contributed by atoms with Gasteiger partial charge in [0.15, 0.2) is 23.0 Å². The van der Waals surface area contributed by atoms with E-state index < -0.39 is 47.0 Å². The van der Waals surface area contributed by atoms with Crippen molar-refractivity contribution >= 4 is 77.7 Å². The van der Waals surface area contributed by atoms with Gasteiger partial charge in [-0.1, -0.05) is 140 Å². The monoisotopic (exact) mass is 1300 g/mol. The maximum absolute atomic E-state index is 15.6. The Labute approximate surface area is 536 Å². The topological polar surface area (TPSA) is 58.6 Å². The number of nitrogens with zero attached hydrogens (tertiary/aromatic N) is 5. The van der Waals surface area contributed by atoms with Gasteiger partial charge in [-0.2, -0.15) is 57.9 Å². The van der Waals surface area contributed by atoms with Crippen LogP contribution in [-0.2, 0) is 24.7 Å². The van der Waals surface area contributed by atoms with E-state index in [1.165, 1.54) is 9.13 Å². The van der Waals surface area contributed by atoms with Gasteiger partial charge in [0.25, 0.3) is 0 Å². The lowest BCUT2D eigenvalue weighted by Crippen LogP contribution is -2.18. The Kier molecular flexibility index (Phi) is 13.3. The number of para-hydroxylation sites is 10. The largest absolute Gasteiger partial charge is 0.453 e. The van der Waals surface area contributed by atoms with Crippen LogP contribution in [0.1, 0.15) is 27.8 Å². The second kappa shape index (κ2) is 21.6. The average Bonchev–Trinajstić information content (AvgIpc) is 1.47. The van der Waals surface area contributed by atoms with Crippen molar-refractivity contribution < 1.29 is 62.2 Å². The molecule has 2 aromatic heterocycles. The molecule has 0 amide bonds. The van der Waals surface area contributed by atoms with Crippen LogP contribution in [0.5, 0.6) is 23.0 Å². The third-order valence-corrected chi connectivity index (χ3v) is 17.6. The van der Waals surface area contributed by atoms with E-state index in [0.717, 1.165) is 72.8 Å². The minimum absolute atomic E-state index is 0.00151. The number of halogens is 12. The van der Waals surface area contributed by atoms with E-state index in [9.17, 15) is 5.26 Å². The zero-order chi connectivity index (χ0) is 66.3. The van der Waals surface area contributed by atoms with Crippen molar-refractivity contribution in [3.8, 4) is 73.8 Å². The Hall–Kier alpha value is -11.9. The maximum atomic E-state index is 15.6. The molecule has 0 radical (unpaired) electrons. The number of rotatable bonds is 7. The molecule has 0 fully saturated rings. The fourth-order valence-electron chi connectivity index (χ4n) is 13.6. The van der Waals surface area contributed by atoms with E-state index in [4.69, 9.17) is 9.47 Å². The summed E-state index contributed by atoms with van der Waals surface area (Å²) in [7, 11) is 0. The molecule has 2 aliphatic heterocycles. The summed E-state index contributed by atoms with van der Waals surface area (Å²) in [5.74, 6) is 1.43. The minimum Gasteiger partial charge on any atom is -0.453 e. The number of ether oxygens (including phenoxy) is 2. The van der Waals surface area contributed by atoms with E-state index in [1.54, 1.807) is 176 Å². The summed E-state index contributed by atoms with van der Waals surface area (Å²) < 4.78 is 203. The molecular formula is C77H41F12N5O2. The van der Waals surface area contributed by atoms with Crippen LogP contribution in [-0.4, -0.2) is 9.13 Å². The van der Waals surface area contributed by atoms with Crippen LogP contribution >= 0.6 is 0 Å². The first-order valence-corrected chi connectivity index (χ1v) is 29.8. The molecule has 14 aromatic rings. The molecule has 16 rings (SSSR count). The third-order valence-electron chi connectivity index (χ3n) is 17.6. The van der Waals surface area contributed by atoms with Crippen molar-refractivity contribution in [2.75, 3.05) is 9.80 Å². The second-order valence-corrected chi connectivity index (χ2v) is 23.0. The summed E-state index contributed by atoms with van der Waals surface area (Å²) in [6, 6.07) is 62.5. The van der Waals surface area contributed by atoms with Gasteiger partial charge in [-0.25, -0.2) is 0 Å². The summed E-state index contributed by atoms with van der Waals surface area (Å²) in [6.07, 6.45) is -20.4. The number of alkyl halides is 12. The number of benzene rings is 12. The van der Waals surface area contributed by atoms with E-state index in [2.05, 4.69) is 6.07 Å². The fraction of sp³-hybridized carbons (Fsp3) is 0.0519. The molecule has 0 bridgehead atoms. The lowest BCUT2D eigenvalue weighted by atomic mass is 9.82. The second-order valence-electron chi connectivity index (χ2n) is 23.0. The molecule has 4 heterocycles. The van der Waals surface area contributed by atoms with Gasteiger partial charge in [0, 0.05) is 49.4 Å². The van der Waals surface area contributed by atoms with Gasteiger partial charge in [-0.3, -0.25) is 0 Å². The van der Waals surface area contributed by atoms with Crippen LogP contribution in [0.2, 0.25) is 0 Å². The Morgan fingerprint density at radius 1 is 0.292 bits per heavy atom. The Bertz CT molecular complexity index is 5050. The van der Waals surface area contributed by atoms with Crippen molar-refractivity contribution in [2.45, 2.75) is 24.7 Å². The molecule has 0 aliphatic carbocycles. The highest BCUT2D eigenvalue weighted by Gasteiger charge is 2.41. The van der Waals surface area contributed by atoms with Gasteiger partial charge in [0.2, 0.25) is 0 Å². The Morgan fingerprint density at radius 2 is 0.562 bits per heavy atom. The van der Waals surface area contributed by atoms with Gasteiger partial charge in [0.1, 0.15) is 6.07 Å². The van der Waals surface area contributed by atoms with Gasteiger partial charge in [-0.15, -0.1) is 0 Å².